The molecule has 1 unspecified atom stereocenters. The molecule has 2 atom stereocenters. The van der Waals surface area contributed by atoms with Gasteiger partial charge in [0.1, 0.15) is 11.5 Å². The van der Waals surface area contributed by atoms with E-state index < -0.39 is 0 Å². The Balaban J connectivity index is 2.53. The summed E-state index contributed by atoms with van der Waals surface area (Å²) in [6.45, 7) is 4.12. The molecule has 1 aromatic rings. The lowest BCUT2D eigenvalue weighted by Gasteiger charge is -2.29. The summed E-state index contributed by atoms with van der Waals surface area (Å²) in [5.74, 6) is 0.328. The Hall–Kier alpha value is -1.22. The normalized spacial score (nSPS) is 25.9. The lowest BCUT2D eigenvalue weighted by atomic mass is 9.90. The first-order chi connectivity index (χ1) is 6.58. The molecule has 1 aliphatic heterocycles. The van der Waals surface area contributed by atoms with Crippen molar-refractivity contribution in [3.63, 3.8) is 0 Å². The van der Waals surface area contributed by atoms with Gasteiger partial charge in [0, 0.05) is 23.7 Å². The molecule has 3 nitrogen and oxygen atoms in total. The molecular formula is C11H15NO2. The van der Waals surface area contributed by atoms with Crippen molar-refractivity contribution in [1.29, 1.82) is 0 Å². The van der Waals surface area contributed by atoms with Crippen LogP contribution >= 0.6 is 0 Å². The van der Waals surface area contributed by atoms with Crippen molar-refractivity contribution in [1.82, 2.24) is 5.32 Å². The summed E-state index contributed by atoms with van der Waals surface area (Å²) in [6, 6.07) is 3.67. The molecule has 14 heavy (non-hydrogen) atoms. The van der Waals surface area contributed by atoms with Crippen LogP contribution in [0, 0.1) is 0 Å². The average molecular weight is 193 g/mol. The van der Waals surface area contributed by atoms with E-state index in [0.717, 1.165) is 17.5 Å². The second kappa shape index (κ2) is 3.17. The molecule has 0 saturated heterocycles. The fourth-order valence-corrected chi connectivity index (χ4v) is 2.25. The third kappa shape index (κ3) is 1.44. The van der Waals surface area contributed by atoms with Crippen molar-refractivity contribution < 1.29 is 10.2 Å². The van der Waals surface area contributed by atoms with Crippen LogP contribution in [0.25, 0.3) is 0 Å². The molecule has 0 amide bonds. The van der Waals surface area contributed by atoms with Gasteiger partial charge in [0.05, 0.1) is 0 Å². The van der Waals surface area contributed by atoms with Gasteiger partial charge >= 0.3 is 0 Å². The maximum atomic E-state index is 9.69. The number of fused-ring (bicyclic) bond motifs is 1. The zero-order valence-corrected chi connectivity index (χ0v) is 8.41. The summed E-state index contributed by atoms with van der Waals surface area (Å²) < 4.78 is 0. The fraction of sp³-hybridized carbons (Fsp3) is 0.455. The molecule has 3 N–H and O–H groups in total. The maximum absolute atomic E-state index is 9.69. The van der Waals surface area contributed by atoms with Gasteiger partial charge in [-0.3, -0.25) is 0 Å². The van der Waals surface area contributed by atoms with E-state index in [1.165, 1.54) is 6.07 Å². The Morgan fingerprint density at radius 3 is 2.71 bits per heavy atom. The largest absolute Gasteiger partial charge is 0.508 e. The quantitative estimate of drug-likeness (QED) is 0.587. The number of nitrogens with one attached hydrogen (secondary N) is 1. The van der Waals surface area contributed by atoms with E-state index in [-0.39, 0.29) is 17.5 Å². The predicted octanol–water partition coefficient (Wildman–Crippen LogP) is 1.69. The van der Waals surface area contributed by atoms with Crippen molar-refractivity contribution in [2.75, 3.05) is 0 Å². The Morgan fingerprint density at radius 2 is 2.00 bits per heavy atom. The second-order valence-electron chi connectivity index (χ2n) is 4.03. The summed E-state index contributed by atoms with van der Waals surface area (Å²) >= 11 is 0. The van der Waals surface area contributed by atoms with E-state index in [1.54, 1.807) is 6.07 Å². The SMILES string of the molecule is CC1N[C@H](C)Cc2cc(O)cc(O)c21. The summed E-state index contributed by atoms with van der Waals surface area (Å²) in [7, 11) is 0. The van der Waals surface area contributed by atoms with Crippen molar-refractivity contribution >= 4 is 0 Å². The van der Waals surface area contributed by atoms with E-state index in [0.29, 0.717) is 6.04 Å². The first-order valence-corrected chi connectivity index (χ1v) is 4.88. The average Bonchev–Trinajstić information content (AvgIpc) is 1.99. The lowest BCUT2D eigenvalue weighted by Crippen LogP contribution is -2.35. The molecule has 0 aromatic heterocycles. The monoisotopic (exact) mass is 193 g/mol. The van der Waals surface area contributed by atoms with Crippen molar-refractivity contribution in [3.05, 3.63) is 23.3 Å². The minimum Gasteiger partial charge on any atom is -0.508 e. The van der Waals surface area contributed by atoms with Gasteiger partial charge in [0.15, 0.2) is 0 Å². The highest BCUT2D eigenvalue weighted by molar-refractivity contribution is 5.48. The summed E-state index contributed by atoms with van der Waals surface area (Å²) in [5.41, 5.74) is 1.96. The molecule has 2 rings (SSSR count). The number of aromatic hydroxyl groups is 2. The van der Waals surface area contributed by atoms with Crippen LogP contribution in [0.3, 0.4) is 0 Å². The van der Waals surface area contributed by atoms with Crippen LogP contribution in [-0.4, -0.2) is 16.3 Å². The van der Waals surface area contributed by atoms with E-state index in [2.05, 4.69) is 12.2 Å². The first kappa shape index (κ1) is 9.34. The van der Waals surface area contributed by atoms with Crippen LogP contribution in [0.4, 0.5) is 0 Å². The van der Waals surface area contributed by atoms with Gasteiger partial charge in [-0.25, -0.2) is 0 Å². The number of hydrogen-bond acceptors (Lipinski definition) is 3. The topological polar surface area (TPSA) is 52.5 Å². The zero-order chi connectivity index (χ0) is 10.3. The summed E-state index contributed by atoms with van der Waals surface area (Å²) in [4.78, 5) is 0. The highest BCUT2D eigenvalue weighted by Gasteiger charge is 2.23. The fourth-order valence-electron chi connectivity index (χ4n) is 2.25. The number of hydrogen-bond donors (Lipinski definition) is 3. The number of phenols is 2. The second-order valence-corrected chi connectivity index (χ2v) is 4.03. The van der Waals surface area contributed by atoms with E-state index >= 15 is 0 Å². The number of benzene rings is 1. The Labute approximate surface area is 83.4 Å². The molecule has 0 saturated carbocycles. The summed E-state index contributed by atoms with van der Waals surface area (Å²) in [5, 5.41) is 22.4. The molecule has 3 heteroatoms. The van der Waals surface area contributed by atoms with Gasteiger partial charge in [-0.1, -0.05) is 0 Å². The smallest absolute Gasteiger partial charge is 0.124 e. The predicted molar refractivity (Wildman–Crippen MR) is 54.5 cm³/mol. The van der Waals surface area contributed by atoms with E-state index in [4.69, 9.17) is 0 Å². The highest BCUT2D eigenvalue weighted by Crippen LogP contribution is 2.35. The minimum absolute atomic E-state index is 0.141. The number of rotatable bonds is 0. The maximum Gasteiger partial charge on any atom is 0.124 e. The molecule has 0 fully saturated rings. The van der Waals surface area contributed by atoms with Gasteiger partial charge in [-0.15, -0.1) is 0 Å². The van der Waals surface area contributed by atoms with Gasteiger partial charge in [-0.05, 0) is 31.9 Å². The van der Waals surface area contributed by atoms with Gasteiger partial charge in [0.2, 0.25) is 0 Å². The lowest BCUT2D eigenvalue weighted by molar-refractivity contribution is 0.401. The summed E-state index contributed by atoms with van der Waals surface area (Å²) in [6.07, 6.45) is 0.849. The van der Waals surface area contributed by atoms with Crippen LogP contribution in [0.1, 0.15) is 31.0 Å². The Morgan fingerprint density at radius 1 is 1.29 bits per heavy atom. The Kier molecular flexibility index (Phi) is 2.11. The van der Waals surface area contributed by atoms with Gasteiger partial charge in [0.25, 0.3) is 0 Å². The van der Waals surface area contributed by atoms with E-state index in [1.807, 2.05) is 6.92 Å². The molecule has 0 aliphatic carbocycles. The standard InChI is InChI=1S/C11H15NO2/c1-6-3-8-4-9(13)5-10(14)11(8)7(2)12-6/h4-7,12-14H,3H2,1-2H3/t6-,7?/m1/s1. The van der Waals surface area contributed by atoms with E-state index in [9.17, 15) is 10.2 Å². The van der Waals surface area contributed by atoms with Crippen molar-refractivity contribution in [2.45, 2.75) is 32.4 Å². The molecule has 0 radical (unpaired) electrons. The Bertz CT molecular complexity index is 363. The van der Waals surface area contributed by atoms with Crippen LogP contribution < -0.4 is 5.32 Å². The van der Waals surface area contributed by atoms with Gasteiger partial charge in [-0.2, -0.15) is 0 Å². The molecule has 0 spiro atoms. The van der Waals surface area contributed by atoms with Crippen molar-refractivity contribution in [2.24, 2.45) is 0 Å². The van der Waals surface area contributed by atoms with Gasteiger partial charge < -0.3 is 15.5 Å². The zero-order valence-electron chi connectivity index (χ0n) is 8.41. The van der Waals surface area contributed by atoms with Crippen LogP contribution in [0.2, 0.25) is 0 Å². The highest BCUT2D eigenvalue weighted by atomic mass is 16.3. The number of phenolic OH excluding ortho intramolecular Hbond substituents is 2. The third-order valence-electron chi connectivity index (χ3n) is 2.72. The van der Waals surface area contributed by atoms with Crippen LogP contribution in [0.5, 0.6) is 11.5 Å². The van der Waals surface area contributed by atoms with Crippen LogP contribution in [0.15, 0.2) is 12.1 Å². The molecule has 76 valence electrons. The third-order valence-corrected chi connectivity index (χ3v) is 2.72. The molecular weight excluding hydrogens is 178 g/mol. The molecule has 1 heterocycles. The van der Waals surface area contributed by atoms with Crippen LogP contribution in [-0.2, 0) is 6.42 Å². The van der Waals surface area contributed by atoms with Crippen molar-refractivity contribution in [3.8, 4) is 11.5 Å². The minimum atomic E-state index is 0.141. The molecule has 1 aliphatic rings. The molecule has 0 bridgehead atoms. The molecule has 1 aromatic carbocycles. The first-order valence-electron chi connectivity index (χ1n) is 4.88.